The van der Waals surface area contributed by atoms with Crippen LogP contribution in [-0.4, -0.2) is 63.6 Å². The van der Waals surface area contributed by atoms with Gasteiger partial charge in [-0.1, -0.05) is 0 Å². The number of halogens is 2. The van der Waals surface area contributed by atoms with Crippen LogP contribution < -0.4 is 20.5 Å². The molecule has 3 atom stereocenters. The highest BCUT2D eigenvalue weighted by atomic mass is 19.3. The van der Waals surface area contributed by atoms with Gasteiger partial charge < -0.3 is 29.7 Å². The number of ether oxygens (including phenoxy) is 3. The number of aliphatic hydroxyl groups excluding tert-OH is 2. The fraction of sp³-hybridized carbons (Fsp3) is 0.421. The average Bonchev–Trinajstić information content (AvgIpc) is 2.96. The number of nitrogens with zero attached hydrogens (tertiary/aromatic N) is 2. The Morgan fingerprint density at radius 3 is 2.61 bits per heavy atom. The summed E-state index contributed by atoms with van der Waals surface area (Å²) < 4.78 is 44.8. The fourth-order valence-corrected chi connectivity index (χ4v) is 3.40. The molecule has 4 rings (SSSR count). The summed E-state index contributed by atoms with van der Waals surface area (Å²) in [6.45, 7) is 1.59. The molecule has 12 heteroatoms. The number of fused-ring (bicyclic) bond motifs is 1. The van der Waals surface area contributed by atoms with Gasteiger partial charge in [0.2, 0.25) is 6.23 Å². The summed E-state index contributed by atoms with van der Waals surface area (Å²) in [5.41, 5.74) is -0.278. The number of aromatic nitrogens is 2. The van der Waals surface area contributed by atoms with Crippen molar-refractivity contribution >= 4 is 11.7 Å². The van der Waals surface area contributed by atoms with E-state index in [-0.39, 0.29) is 11.4 Å². The molecule has 166 valence electrons. The minimum Gasteiger partial charge on any atom is -0.486 e. The fourth-order valence-electron chi connectivity index (χ4n) is 3.40. The molecule has 2 aromatic rings. The minimum absolute atomic E-state index is 0.166. The van der Waals surface area contributed by atoms with Crippen molar-refractivity contribution in [1.82, 2.24) is 9.55 Å². The summed E-state index contributed by atoms with van der Waals surface area (Å²) in [5.74, 6) is -3.66. The largest absolute Gasteiger partial charge is 0.486 e. The molecule has 3 heterocycles. The summed E-state index contributed by atoms with van der Waals surface area (Å²) in [6.07, 6.45) is -5.02. The van der Waals surface area contributed by atoms with Crippen LogP contribution in [0.4, 0.5) is 14.6 Å². The lowest BCUT2D eigenvalue weighted by atomic mass is 10.1. The van der Waals surface area contributed by atoms with Crippen LogP contribution in [0.5, 0.6) is 11.5 Å². The van der Waals surface area contributed by atoms with Gasteiger partial charge in [-0.3, -0.25) is 9.36 Å². The number of carbonyl (C=O) groups excluding carboxylic acids is 1. The zero-order valence-corrected chi connectivity index (χ0v) is 16.2. The molecule has 2 aliphatic rings. The highest BCUT2D eigenvalue weighted by Crippen LogP contribution is 2.42. The molecule has 0 bridgehead atoms. The van der Waals surface area contributed by atoms with Gasteiger partial charge in [0.05, 0.1) is 6.61 Å². The predicted octanol–water partition coefficient (Wildman–Crippen LogP) is 0.461. The molecular formula is C19H19F2N3O7. The Morgan fingerprint density at radius 2 is 2.00 bits per heavy atom. The van der Waals surface area contributed by atoms with Gasteiger partial charge in [0.1, 0.15) is 25.1 Å². The Bertz CT molecular complexity index is 1070. The maximum absolute atomic E-state index is 14.3. The Kier molecular flexibility index (Phi) is 5.37. The highest BCUT2D eigenvalue weighted by Gasteiger charge is 2.59. The molecule has 0 spiro atoms. The van der Waals surface area contributed by atoms with Crippen LogP contribution in [0.25, 0.3) is 0 Å². The van der Waals surface area contributed by atoms with Gasteiger partial charge in [0.25, 0.3) is 5.91 Å². The molecule has 10 nitrogen and oxygen atoms in total. The second-order valence-electron chi connectivity index (χ2n) is 7.10. The first-order valence-corrected chi connectivity index (χ1v) is 9.35. The molecule has 3 N–H and O–H groups in total. The number of anilines is 1. The number of alkyl halides is 2. The molecule has 1 saturated heterocycles. The van der Waals surface area contributed by atoms with Crippen molar-refractivity contribution in [3.05, 3.63) is 46.0 Å². The molecule has 0 saturated carbocycles. The first-order valence-electron chi connectivity index (χ1n) is 9.35. The Hall–Kier alpha value is -3.09. The molecule has 2 aliphatic heterocycles. The van der Waals surface area contributed by atoms with Crippen molar-refractivity contribution < 1.29 is 38.0 Å². The molecular weight excluding hydrogens is 420 g/mol. The highest BCUT2D eigenvalue weighted by molar-refractivity contribution is 6.05. The van der Waals surface area contributed by atoms with E-state index in [1.165, 1.54) is 6.07 Å². The molecule has 0 radical (unpaired) electrons. The van der Waals surface area contributed by atoms with Crippen molar-refractivity contribution in [2.45, 2.75) is 31.3 Å². The number of hydrogen-bond donors (Lipinski definition) is 3. The van der Waals surface area contributed by atoms with Gasteiger partial charge in [0, 0.05) is 11.8 Å². The zero-order valence-electron chi connectivity index (χ0n) is 16.2. The third-order valence-corrected chi connectivity index (χ3v) is 5.02. The van der Waals surface area contributed by atoms with E-state index in [0.29, 0.717) is 34.8 Å². The predicted molar refractivity (Wildman–Crippen MR) is 101 cm³/mol. The van der Waals surface area contributed by atoms with Gasteiger partial charge in [-0.2, -0.15) is 13.8 Å². The maximum Gasteiger partial charge on any atom is 0.351 e. The Balaban J connectivity index is 1.56. The van der Waals surface area contributed by atoms with E-state index in [9.17, 15) is 23.5 Å². The summed E-state index contributed by atoms with van der Waals surface area (Å²) in [4.78, 5) is 28.5. The first kappa shape index (κ1) is 21.2. The lowest BCUT2D eigenvalue weighted by molar-refractivity contribution is -0.140. The van der Waals surface area contributed by atoms with Crippen LogP contribution in [0.1, 0.15) is 22.1 Å². The molecule has 1 aromatic heterocycles. The van der Waals surface area contributed by atoms with E-state index >= 15 is 0 Å². The Morgan fingerprint density at radius 1 is 1.32 bits per heavy atom. The van der Waals surface area contributed by atoms with Gasteiger partial charge in [-0.25, -0.2) is 4.79 Å². The molecule has 1 aromatic carbocycles. The number of nitrogens with one attached hydrogen (secondary N) is 1. The smallest absolute Gasteiger partial charge is 0.351 e. The molecule has 0 unspecified atom stereocenters. The topological polar surface area (TPSA) is 132 Å². The van der Waals surface area contributed by atoms with E-state index in [0.717, 1.165) is 12.3 Å². The summed E-state index contributed by atoms with van der Waals surface area (Å²) in [5, 5.41) is 21.1. The first-order chi connectivity index (χ1) is 14.7. The van der Waals surface area contributed by atoms with Crippen LogP contribution in [0, 0.1) is 6.92 Å². The zero-order chi connectivity index (χ0) is 22.3. The second kappa shape index (κ2) is 7.87. The summed E-state index contributed by atoms with van der Waals surface area (Å²) >= 11 is 0. The van der Waals surface area contributed by atoms with Crippen molar-refractivity contribution in [2.24, 2.45) is 0 Å². The molecule has 1 amide bonds. The Labute approximate surface area is 174 Å². The summed E-state index contributed by atoms with van der Waals surface area (Å²) in [6, 6.07) is 4.30. The quantitative estimate of drug-likeness (QED) is 0.626. The van der Waals surface area contributed by atoms with Crippen molar-refractivity contribution in [3.63, 3.8) is 0 Å². The van der Waals surface area contributed by atoms with E-state index < -0.39 is 42.6 Å². The van der Waals surface area contributed by atoms with Crippen LogP contribution >= 0.6 is 0 Å². The van der Waals surface area contributed by atoms with Gasteiger partial charge in [0.15, 0.2) is 17.6 Å². The van der Waals surface area contributed by atoms with E-state index in [1.807, 2.05) is 0 Å². The number of amides is 1. The SMILES string of the molecule is Cc1cc2c(cc1C(=O)Nc1ccn([C@@H]3O[C@H](CO)[C@@H](O)C3(F)F)c(=O)n1)OCCO2. The van der Waals surface area contributed by atoms with Gasteiger partial charge in [-0.05, 0) is 30.7 Å². The number of carbonyl (C=O) groups is 1. The van der Waals surface area contributed by atoms with Crippen LogP contribution in [0.3, 0.4) is 0 Å². The van der Waals surface area contributed by atoms with Crippen LogP contribution in [0.15, 0.2) is 29.2 Å². The summed E-state index contributed by atoms with van der Waals surface area (Å²) in [7, 11) is 0. The average molecular weight is 439 g/mol. The number of aliphatic hydroxyl groups is 2. The van der Waals surface area contributed by atoms with Crippen LogP contribution in [0.2, 0.25) is 0 Å². The lowest BCUT2D eigenvalue weighted by Crippen LogP contribution is -2.41. The van der Waals surface area contributed by atoms with Crippen LogP contribution in [-0.2, 0) is 4.74 Å². The van der Waals surface area contributed by atoms with Crippen molar-refractivity contribution in [2.75, 3.05) is 25.1 Å². The lowest BCUT2D eigenvalue weighted by Gasteiger charge is -2.21. The number of hydrogen-bond acceptors (Lipinski definition) is 8. The maximum atomic E-state index is 14.3. The second-order valence-corrected chi connectivity index (χ2v) is 7.10. The van der Waals surface area contributed by atoms with Gasteiger partial charge >= 0.3 is 11.6 Å². The monoisotopic (exact) mass is 439 g/mol. The van der Waals surface area contributed by atoms with Crippen molar-refractivity contribution in [1.29, 1.82) is 0 Å². The molecule has 1 fully saturated rings. The standard InChI is InChI=1S/C19H19F2N3O7/c1-9-6-11-12(30-5-4-29-11)7-10(9)16(27)22-14-2-3-24(18(28)23-14)17-19(20,21)15(26)13(8-25)31-17/h2-3,6-7,13,15,17,25-26H,4-5,8H2,1H3,(H,22,23,27,28)/t13-,15-,17-/m1/s1. The molecule has 31 heavy (non-hydrogen) atoms. The third kappa shape index (κ3) is 3.73. The number of benzene rings is 1. The number of rotatable bonds is 4. The third-order valence-electron chi connectivity index (χ3n) is 5.02. The normalized spacial score (nSPS) is 24.1. The van der Waals surface area contributed by atoms with Crippen molar-refractivity contribution in [3.8, 4) is 11.5 Å². The minimum atomic E-state index is -3.83. The number of aryl methyl sites for hydroxylation is 1. The van der Waals surface area contributed by atoms with E-state index in [1.54, 1.807) is 13.0 Å². The van der Waals surface area contributed by atoms with E-state index in [4.69, 9.17) is 19.3 Å². The van der Waals surface area contributed by atoms with E-state index in [2.05, 4.69) is 10.3 Å². The molecule has 0 aliphatic carbocycles. The van der Waals surface area contributed by atoms with Gasteiger partial charge in [-0.15, -0.1) is 0 Å².